The van der Waals surface area contributed by atoms with Gasteiger partial charge < -0.3 is 26.0 Å². The van der Waals surface area contributed by atoms with Gasteiger partial charge in [-0.1, -0.05) is 60.7 Å². The maximum absolute atomic E-state index is 11.7. The van der Waals surface area contributed by atoms with Crippen molar-refractivity contribution in [3.05, 3.63) is 77.8 Å². The SMILES string of the molecule is CC(C)(C)OCC(O)([C](N)Cc1ccccc1)C(NC=O)C(O)CCc1ccccc1. The second-order valence-electron chi connectivity index (χ2n) is 8.87. The molecular weight excluding hydrogens is 392 g/mol. The van der Waals surface area contributed by atoms with Crippen LogP contribution in [-0.2, 0) is 22.4 Å². The smallest absolute Gasteiger partial charge is 0.207 e. The molecule has 0 aromatic heterocycles. The van der Waals surface area contributed by atoms with Gasteiger partial charge in [-0.15, -0.1) is 0 Å². The highest BCUT2D eigenvalue weighted by Gasteiger charge is 2.47. The number of ether oxygens (including phenoxy) is 1. The fraction of sp³-hybridized carbons (Fsp3) is 0.440. The first-order valence-electron chi connectivity index (χ1n) is 10.6. The number of benzene rings is 2. The van der Waals surface area contributed by atoms with E-state index in [1.807, 2.05) is 81.4 Å². The topological polar surface area (TPSA) is 105 Å². The summed E-state index contributed by atoms with van der Waals surface area (Å²) in [5.74, 6) is 0. The highest BCUT2D eigenvalue weighted by molar-refractivity contribution is 5.48. The number of aliphatic hydroxyl groups excluding tert-OH is 1. The van der Waals surface area contributed by atoms with E-state index in [1.54, 1.807) is 0 Å². The summed E-state index contributed by atoms with van der Waals surface area (Å²) in [6.45, 7) is 5.45. The zero-order valence-electron chi connectivity index (χ0n) is 18.6. The summed E-state index contributed by atoms with van der Waals surface area (Å²) in [4.78, 5) is 11.4. The zero-order valence-corrected chi connectivity index (χ0v) is 18.6. The Kier molecular flexibility index (Phi) is 9.19. The van der Waals surface area contributed by atoms with Crippen molar-refractivity contribution in [2.45, 2.75) is 63.4 Å². The van der Waals surface area contributed by atoms with Crippen molar-refractivity contribution in [1.82, 2.24) is 5.32 Å². The first kappa shape index (κ1) is 25.0. The predicted octanol–water partition coefficient (Wildman–Crippen LogP) is 2.37. The van der Waals surface area contributed by atoms with Gasteiger partial charge in [-0.3, -0.25) is 4.79 Å². The van der Waals surface area contributed by atoms with E-state index < -0.39 is 23.3 Å². The Morgan fingerprint density at radius 3 is 2.13 bits per heavy atom. The van der Waals surface area contributed by atoms with E-state index in [4.69, 9.17) is 10.5 Å². The second-order valence-corrected chi connectivity index (χ2v) is 8.87. The Balaban J connectivity index is 2.25. The van der Waals surface area contributed by atoms with E-state index in [2.05, 4.69) is 5.32 Å². The molecule has 169 valence electrons. The maximum atomic E-state index is 11.7. The number of aryl methyl sites for hydroxylation is 1. The quantitative estimate of drug-likeness (QED) is 0.389. The van der Waals surface area contributed by atoms with Gasteiger partial charge in [0.1, 0.15) is 5.60 Å². The van der Waals surface area contributed by atoms with Gasteiger partial charge in [0.05, 0.1) is 30.4 Å². The van der Waals surface area contributed by atoms with Gasteiger partial charge in [0, 0.05) is 0 Å². The van der Waals surface area contributed by atoms with Crippen LogP contribution in [0.25, 0.3) is 0 Å². The van der Waals surface area contributed by atoms with Crippen molar-refractivity contribution in [2.24, 2.45) is 5.73 Å². The number of carbonyl (C=O) groups is 1. The van der Waals surface area contributed by atoms with Crippen LogP contribution < -0.4 is 11.1 Å². The Morgan fingerprint density at radius 2 is 1.61 bits per heavy atom. The number of nitrogens with one attached hydrogen (secondary N) is 1. The molecule has 0 aliphatic heterocycles. The van der Waals surface area contributed by atoms with Crippen LogP contribution in [0.15, 0.2) is 60.7 Å². The summed E-state index contributed by atoms with van der Waals surface area (Å²) >= 11 is 0. The zero-order chi connectivity index (χ0) is 22.9. The number of hydrogen-bond donors (Lipinski definition) is 4. The molecule has 3 unspecified atom stereocenters. The predicted molar refractivity (Wildman–Crippen MR) is 122 cm³/mol. The lowest BCUT2D eigenvalue weighted by atomic mass is 9.80. The van der Waals surface area contributed by atoms with E-state index in [9.17, 15) is 15.0 Å². The van der Waals surface area contributed by atoms with E-state index in [0.29, 0.717) is 19.3 Å². The van der Waals surface area contributed by atoms with Crippen molar-refractivity contribution in [2.75, 3.05) is 6.61 Å². The Labute approximate surface area is 185 Å². The minimum atomic E-state index is -1.76. The highest BCUT2D eigenvalue weighted by Crippen LogP contribution is 2.29. The molecule has 6 heteroatoms. The van der Waals surface area contributed by atoms with Gasteiger partial charge in [-0.2, -0.15) is 0 Å². The number of nitrogens with two attached hydrogens (primary N) is 1. The third-order valence-electron chi connectivity index (χ3n) is 5.24. The summed E-state index contributed by atoms with van der Waals surface area (Å²) in [7, 11) is 0. The molecule has 0 heterocycles. The lowest BCUT2D eigenvalue weighted by molar-refractivity contribution is -0.132. The molecule has 3 atom stereocenters. The molecule has 1 radical (unpaired) electrons. The first-order valence-corrected chi connectivity index (χ1v) is 10.6. The molecule has 31 heavy (non-hydrogen) atoms. The number of aliphatic hydroxyl groups is 2. The molecule has 2 rings (SSSR count). The van der Waals surface area contributed by atoms with Crippen LogP contribution in [0.4, 0.5) is 0 Å². The van der Waals surface area contributed by atoms with Gasteiger partial charge in [-0.05, 0) is 51.2 Å². The summed E-state index contributed by atoms with van der Waals surface area (Å²) in [6, 6.07) is 18.4. The molecule has 0 aliphatic carbocycles. The molecule has 0 spiro atoms. The third kappa shape index (κ3) is 7.74. The van der Waals surface area contributed by atoms with E-state index >= 15 is 0 Å². The molecule has 0 fully saturated rings. The van der Waals surface area contributed by atoms with Crippen molar-refractivity contribution < 1.29 is 19.7 Å². The first-order chi connectivity index (χ1) is 14.7. The van der Waals surface area contributed by atoms with Crippen LogP contribution in [-0.4, -0.2) is 46.6 Å². The van der Waals surface area contributed by atoms with Gasteiger partial charge in [0.15, 0.2) is 0 Å². The fourth-order valence-electron chi connectivity index (χ4n) is 3.44. The Hall–Kier alpha value is -2.25. The monoisotopic (exact) mass is 427 g/mol. The lowest BCUT2D eigenvalue weighted by Gasteiger charge is -2.43. The number of amides is 1. The average molecular weight is 428 g/mol. The second kappa shape index (κ2) is 11.4. The molecule has 0 saturated heterocycles. The summed E-state index contributed by atoms with van der Waals surface area (Å²) in [5, 5.41) is 25.3. The summed E-state index contributed by atoms with van der Waals surface area (Å²) in [6.07, 6.45) is 0.662. The van der Waals surface area contributed by atoms with Crippen molar-refractivity contribution in [3.8, 4) is 0 Å². The van der Waals surface area contributed by atoms with Crippen molar-refractivity contribution in [3.63, 3.8) is 0 Å². The van der Waals surface area contributed by atoms with Crippen LogP contribution in [0.2, 0.25) is 0 Å². The van der Waals surface area contributed by atoms with Crippen LogP contribution in [0.3, 0.4) is 0 Å². The minimum absolute atomic E-state index is 0.164. The van der Waals surface area contributed by atoms with Crippen molar-refractivity contribution >= 4 is 6.41 Å². The molecule has 2 aromatic rings. The van der Waals surface area contributed by atoms with E-state index in [-0.39, 0.29) is 19.1 Å². The van der Waals surface area contributed by atoms with Crippen LogP contribution in [0, 0.1) is 6.04 Å². The Bertz CT molecular complexity index is 779. The normalized spacial score (nSPS) is 15.8. The lowest BCUT2D eigenvalue weighted by Crippen LogP contribution is -2.64. The largest absolute Gasteiger partial charge is 0.391 e. The summed E-state index contributed by atoms with van der Waals surface area (Å²) < 4.78 is 5.88. The van der Waals surface area contributed by atoms with Gasteiger partial charge in [0.2, 0.25) is 6.41 Å². The molecule has 6 nitrogen and oxygen atoms in total. The maximum Gasteiger partial charge on any atom is 0.207 e. The molecule has 0 bridgehead atoms. The standard InChI is InChI=1S/C25H35N2O4/c1-24(2,3)31-17-25(30,22(26)16-20-12-8-5-9-13-20)23(27-18-28)21(29)15-14-19-10-6-4-7-11-19/h4-13,18,21,23,29-30H,14-17,26H2,1-3H3,(H,27,28). The molecule has 0 saturated carbocycles. The number of rotatable bonds is 12. The summed E-state index contributed by atoms with van der Waals surface area (Å²) in [5.41, 5.74) is 6.08. The van der Waals surface area contributed by atoms with Crippen LogP contribution in [0.5, 0.6) is 0 Å². The number of hydrogen-bond acceptors (Lipinski definition) is 5. The number of carbonyl (C=O) groups excluding carboxylic acids is 1. The Morgan fingerprint density at radius 1 is 1.06 bits per heavy atom. The molecule has 5 N–H and O–H groups in total. The van der Waals surface area contributed by atoms with Gasteiger partial charge in [-0.25, -0.2) is 0 Å². The van der Waals surface area contributed by atoms with E-state index in [1.165, 1.54) is 0 Å². The van der Waals surface area contributed by atoms with E-state index in [0.717, 1.165) is 11.1 Å². The van der Waals surface area contributed by atoms with Crippen LogP contribution >= 0.6 is 0 Å². The minimum Gasteiger partial charge on any atom is -0.391 e. The highest BCUT2D eigenvalue weighted by atomic mass is 16.5. The molecular formula is C25H35N2O4. The third-order valence-corrected chi connectivity index (χ3v) is 5.24. The van der Waals surface area contributed by atoms with Crippen molar-refractivity contribution in [1.29, 1.82) is 0 Å². The molecule has 2 aromatic carbocycles. The average Bonchev–Trinajstić information content (AvgIpc) is 2.75. The fourth-order valence-corrected chi connectivity index (χ4v) is 3.44. The van der Waals surface area contributed by atoms with Gasteiger partial charge in [0.25, 0.3) is 0 Å². The molecule has 1 amide bonds. The molecule has 0 aliphatic rings. The van der Waals surface area contributed by atoms with Crippen LogP contribution in [0.1, 0.15) is 38.3 Å². The van der Waals surface area contributed by atoms with Gasteiger partial charge >= 0.3 is 0 Å².